The van der Waals surface area contributed by atoms with E-state index in [2.05, 4.69) is 9.73 Å². The minimum Gasteiger partial charge on any atom is -0.430 e. The molecule has 0 saturated carbocycles. The highest BCUT2D eigenvalue weighted by atomic mass is 16.4. The Balaban J connectivity index is 2.13. The Morgan fingerprint density at radius 1 is 1.21 bits per heavy atom. The lowest BCUT2D eigenvalue weighted by atomic mass is 10.1. The molecule has 0 aliphatic carbocycles. The molecule has 0 unspecified atom stereocenters. The summed E-state index contributed by atoms with van der Waals surface area (Å²) in [6.45, 7) is -0.216. The van der Waals surface area contributed by atoms with Gasteiger partial charge in [-0.3, -0.25) is 4.79 Å². The summed E-state index contributed by atoms with van der Waals surface area (Å²) in [5.74, 6) is -0.411. The predicted octanol–water partition coefficient (Wildman–Crippen LogP) is 1.10. The zero-order chi connectivity index (χ0) is 13.7. The number of carbonyl (C=O) groups excluding carboxylic acids is 1. The summed E-state index contributed by atoms with van der Waals surface area (Å²) in [5, 5.41) is 12.0. The van der Waals surface area contributed by atoms with Gasteiger partial charge in [0, 0.05) is 6.07 Å². The van der Waals surface area contributed by atoms with Gasteiger partial charge in [0.2, 0.25) is 0 Å². The van der Waals surface area contributed by atoms with Crippen LogP contribution >= 0.6 is 0 Å². The fourth-order valence-electron chi connectivity index (χ4n) is 1.65. The van der Waals surface area contributed by atoms with E-state index < -0.39 is 17.6 Å². The highest BCUT2D eigenvalue weighted by Gasteiger charge is 2.15. The van der Waals surface area contributed by atoms with Gasteiger partial charge in [0.1, 0.15) is 6.26 Å². The lowest BCUT2D eigenvalue weighted by Gasteiger charge is -2.16. The Morgan fingerprint density at radius 3 is 2.53 bits per heavy atom. The third kappa shape index (κ3) is 3.29. The predicted molar refractivity (Wildman–Crippen MR) is 68.7 cm³/mol. The second-order valence-corrected chi connectivity index (χ2v) is 3.96. The summed E-state index contributed by atoms with van der Waals surface area (Å²) in [6.07, 6.45) is 1.09. The Bertz CT molecular complexity index is 586. The van der Waals surface area contributed by atoms with E-state index in [0.717, 1.165) is 11.8 Å². The zero-order valence-electron chi connectivity index (χ0n) is 10.1. The minimum atomic E-state index is -0.515. The van der Waals surface area contributed by atoms with Crippen LogP contribution in [0, 0.1) is 0 Å². The van der Waals surface area contributed by atoms with E-state index >= 15 is 0 Å². The van der Waals surface area contributed by atoms with Crippen molar-refractivity contribution in [1.29, 1.82) is 0 Å². The third-order valence-corrected chi connectivity index (χ3v) is 2.65. The second kappa shape index (κ2) is 5.97. The van der Waals surface area contributed by atoms with E-state index in [1.54, 1.807) is 0 Å². The third-order valence-electron chi connectivity index (χ3n) is 2.65. The van der Waals surface area contributed by atoms with Crippen LogP contribution in [0.5, 0.6) is 0 Å². The smallest absolute Gasteiger partial charge is 0.335 e. The molecule has 5 heteroatoms. The molecule has 0 radical (unpaired) electrons. The SMILES string of the molecule is O=C(N[C@H](CO)c1ccccc1)c1ccc(=O)oc1. The van der Waals surface area contributed by atoms with E-state index in [-0.39, 0.29) is 12.2 Å². The molecule has 0 spiro atoms. The summed E-state index contributed by atoms with van der Waals surface area (Å²) in [6, 6.07) is 11.2. The molecule has 19 heavy (non-hydrogen) atoms. The van der Waals surface area contributed by atoms with Gasteiger partial charge >= 0.3 is 5.63 Å². The van der Waals surface area contributed by atoms with Gasteiger partial charge in [-0.05, 0) is 11.6 Å². The first-order valence-electron chi connectivity index (χ1n) is 5.76. The van der Waals surface area contributed by atoms with Crippen molar-refractivity contribution in [2.45, 2.75) is 6.04 Å². The monoisotopic (exact) mass is 259 g/mol. The van der Waals surface area contributed by atoms with Gasteiger partial charge in [0.15, 0.2) is 0 Å². The average Bonchev–Trinajstić information content (AvgIpc) is 2.46. The van der Waals surface area contributed by atoms with Crippen LogP contribution < -0.4 is 10.9 Å². The number of rotatable bonds is 4. The number of nitrogens with one attached hydrogen (secondary N) is 1. The molecule has 2 aromatic rings. The first kappa shape index (κ1) is 13.0. The van der Waals surface area contributed by atoms with E-state index in [0.29, 0.717) is 0 Å². The minimum absolute atomic E-state index is 0.216. The van der Waals surface area contributed by atoms with Crippen LogP contribution in [0.1, 0.15) is 22.0 Å². The Kier molecular flexibility index (Phi) is 4.10. The maximum absolute atomic E-state index is 11.9. The molecule has 0 fully saturated rings. The fourth-order valence-corrected chi connectivity index (χ4v) is 1.65. The Hall–Kier alpha value is -2.40. The molecule has 98 valence electrons. The van der Waals surface area contributed by atoms with Crippen LogP contribution in [0.25, 0.3) is 0 Å². The summed E-state index contributed by atoms with van der Waals surface area (Å²) in [5.41, 5.74) is 0.517. The normalized spacial score (nSPS) is 11.8. The highest BCUT2D eigenvalue weighted by Crippen LogP contribution is 2.12. The number of hydrogen-bond acceptors (Lipinski definition) is 4. The molecular weight excluding hydrogens is 246 g/mol. The van der Waals surface area contributed by atoms with Crippen LogP contribution in [0.4, 0.5) is 0 Å². The number of carbonyl (C=O) groups is 1. The van der Waals surface area contributed by atoms with Crippen molar-refractivity contribution in [3.8, 4) is 0 Å². The summed E-state index contributed by atoms with van der Waals surface area (Å²) >= 11 is 0. The number of aliphatic hydroxyl groups excluding tert-OH is 1. The molecule has 0 aliphatic rings. The molecule has 1 heterocycles. The molecule has 0 bridgehead atoms. The van der Waals surface area contributed by atoms with Crippen molar-refractivity contribution in [1.82, 2.24) is 5.32 Å². The van der Waals surface area contributed by atoms with Crippen LogP contribution in [-0.4, -0.2) is 17.6 Å². The van der Waals surface area contributed by atoms with Gasteiger partial charge in [-0.25, -0.2) is 4.79 Å². The number of hydrogen-bond donors (Lipinski definition) is 2. The van der Waals surface area contributed by atoms with Gasteiger partial charge in [-0.1, -0.05) is 30.3 Å². The standard InChI is InChI=1S/C14H13NO4/c16-8-12(10-4-2-1-3-5-10)15-14(18)11-6-7-13(17)19-9-11/h1-7,9,12,16H,8H2,(H,15,18)/t12-/m1/s1. The maximum atomic E-state index is 11.9. The lowest BCUT2D eigenvalue weighted by molar-refractivity contribution is 0.0913. The Morgan fingerprint density at radius 2 is 1.95 bits per heavy atom. The molecular formula is C14H13NO4. The number of benzene rings is 1. The number of aliphatic hydroxyl groups is 1. The van der Waals surface area contributed by atoms with E-state index in [1.165, 1.54) is 12.1 Å². The van der Waals surface area contributed by atoms with E-state index in [4.69, 9.17) is 0 Å². The van der Waals surface area contributed by atoms with Crippen LogP contribution in [0.15, 0.2) is 57.9 Å². The highest BCUT2D eigenvalue weighted by molar-refractivity contribution is 5.93. The van der Waals surface area contributed by atoms with Gasteiger partial charge in [-0.2, -0.15) is 0 Å². The molecule has 1 amide bonds. The Labute approximate surface area is 109 Å². The van der Waals surface area contributed by atoms with Gasteiger partial charge in [0.25, 0.3) is 5.91 Å². The summed E-state index contributed by atoms with van der Waals surface area (Å²) < 4.78 is 4.62. The largest absolute Gasteiger partial charge is 0.430 e. The molecule has 0 saturated heterocycles. The molecule has 1 aromatic heterocycles. The van der Waals surface area contributed by atoms with Gasteiger partial charge < -0.3 is 14.8 Å². The fraction of sp³-hybridized carbons (Fsp3) is 0.143. The van der Waals surface area contributed by atoms with Crippen molar-refractivity contribution in [2.24, 2.45) is 0 Å². The first-order chi connectivity index (χ1) is 9.20. The first-order valence-corrected chi connectivity index (χ1v) is 5.76. The lowest BCUT2D eigenvalue weighted by Crippen LogP contribution is -2.30. The number of amides is 1. The quantitative estimate of drug-likeness (QED) is 0.861. The van der Waals surface area contributed by atoms with E-state index in [1.807, 2.05) is 30.3 Å². The van der Waals surface area contributed by atoms with Crippen LogP contribution in [0.3, 0.4) is 0 Å². The van der Waals surface area contributed by atoms with Crippen molar-refractivity contribution in [3.63, 3.8) is 0 Å². The zero-order valence-corrected chi connectivity index (χ0v) is 10.1. The van der Waals surface area contributed by atoms with Crippen molar-refractivity contribution < 1.29 is 14.3 Å². The molecule has 5 nitrogen and oxygen atoms in total. The van der Waals surface area contributed by atoms with Gasteiger partial charge in [0.05, 0.1) is 18.2 Å². The summed E-state index contributed by atoms with van der Waals surface area (Å²) in [4.78, 5) is 22.7. The molecule has 1 aromatic carbocycles. The van der Waals surface area contributed by atoms with Crippen LogP contribution in [0.2, 0.25) is 0 Å². The van der Waals surface area contributed by atoms with Gasteiger partial charge in [-0.15, -0.1) is 0 Å². The average molecular weight is 259 g/mol. The summed E-state index contributed by atoms with van der Waals surface area (Å²) in [7, 11) is 0. The molecule has 2 N–H and O–H groups in total. The van der Waals surface area contributed by atoms with E-state index in [9.17, 15) is 14.7 Å². The van der Waals surface area contributed by atoms with Crippen molar-refractivity contribution in [3.05, 3.63) is 70.3 Å². The molecule has 1 atom stereocenters. The molecule has 2 rings (SSSR count). The topological polar surface area (TPSA) is 79.5 Å². The second-order valence-electron chi connectivity index (χ2n) is 3.96. The molecule has 0 aliphatic heterocycles. The van der Waals surface area contributed by atoms with Crippen molar-refractivity contribution >= 4 is 5.91 Å². The maximum Gasteiger partial charge on any atom is 0.335 e. The van der Waals surface area contributed by atoms with Crippen molar-refractivity contribution in [2.75, 3.05) is 6.61 Å². The van der Waals surface area contributed by atoms with Crippen LogP contribution in [-0.2, 0) is 0 Å².